The second kappa shape index (κ2) is 5.94. The Hall–Kier alpha value is -1.51. The molecule has 2 aliphatic rings. The topological polar surface area (TPSA) is 88.6 Å². The average Bonchev–Trinajstić information content (AvgIpc) is 2.85. The number of aromatic nitrogens is 1. The number of hydrogen-bond donors (Lipinski definition) is 1. The van der Waals surface area contributed by atoms with Gasteiger partial charge in [0.1, 0.15) is 0 Å². The van der Waals surface area contributed by atoms with Gasteiger partial charge in [-0.2, -0.15) is 0 Å². The Labute approximate surface area is 129 Å². The third-order valence-electron chi connectivity index (χ3n) is 4.06. The lowest BCUT2D eigenvalue weighted by Gasteiger charge is -2.32. The minimum absolute atomic E-state index is 0.0966. The SMILES string of the molecule is CS(=O)(=O)N[C@@H]1CN(C(=O)c2cccnc2)[C@@H]2CCCO[C@@H]21. The third-order valence-corrected chi connectivity index (χ3v) is 4.79. The van der Waals surface area contributed by atoms with Gasteiger partial charge in [-0.3, -0.25) is 9.78 Å². The minimum Gasteiger partial charge on any atom is -0.374 e. The van der Waals surface area contributed by atoms with E-state index in [1.165, 1.54) is 6.20 Å². The number of fused-ring (bicyclic) bond motifs is 1. The number of hydrogen-bond acceptors (Lipinski definition) is 5. The Bertz CT molecular complexity index is 649. The standard InChI is InChI=1S/C14H19N3O4S/c1-22(19,20)16-11-9-17(12-5-3-7-21-13(11)12)14(18)10-4-2-6-15-8-10/h2,4,6,8,11-13,16H,3,5,7,9H2,1H3/t11-,12-,13-/m1/s1. The summed E-state index contributed by atoms with van der Waals surface area (Å²) >= 11 is 0. The van der Waals surface area contributed by atoms with Gasteiger partial charge in [-0.1, -0.05) is 0 Å². The molecule has 22 heavy (non-hydrogen) atoms. The summed E-state index contributed by atoms with van der Waals surface area (Å²) in [6, 6.07) is 2.93. The molecule has 0 bridgehead atoms. The van der Waals surface area contributed by atoms with Gasteiger partial charge in [0, 0.05) is 25.5 Å². The van der Waals surface area contributed by atoms with E-state index in [2.05, 4.69) is 9.71 Å². The number of pyridine rings is 1. The van der Waals surface area contributed by atoms with Crippen LogP contribution in [0.3, 0.4) is 0 Å². The van der Waals surface area contributed by atoms with Crippen LogP contribution in [0.15, 0.2) is 24.5 Å². The highest BCUT2D eigenvalue weighted by atomic mass is 32.2. The molecular formula is C14H19N3O4S. The van der Waals surface area contributed by atoms with E-state index >= 15 is 0 Å². The van der Waals surface area contributed by atoms with Crippen LogP contribution in [0, 0.1) is 0 Å². The predicted molar refractivity (Wildman–Crippen MR) is 79.8 cm³/mol. The quantitative estimate of drug-likeness (QED) is 0.845. The molecule has 7 nitrogen and oxygen atoms in total. The average molecular weight is 325 g/mol. The van der Waals surface area contributed by atoms with Crippen molar-refractivity contribution in [2.45, 2.75) is 31.0 Å². The summed E-state index contributed by atoms with van der Waals surface area (Å²) in [5.41, 5.74) is 0.506. The van der Waals surface area contributed by atoms with Crippen LogP contribution in [-0.2, 0) is 14.8 Å². The molecular weight excluding hydrogens is 306 g/mol. The highest BCUT2D eigenvalue weighted by Gasteiger charge is 2.47. The Morgan fingerprint density at radius 2 is 2.32 bits per heavy atom. The Morgan fingerprint density at radius 3 is 3.00 bits per heavy atom. The molecule has 2 aliphatic heterocycles. The number of likely N-dealkylation sites (tertiary alicyclic amines) is 1. The van der Waals surface area contributed by atoms with E-state index in [1.807, 2.05) is 0 Å². The summed E-state index contributed by atoms with van der Waals surface area (Å²) in [5, 5.41) is 0. The van der Waals surface area contributed by atoms with Gasteiger partial charge in [-0.25, -0.2) is 13.1 Å². The Kier molecular flexibility index (Phi) is 4.16. The fourth-order valence-corrected chi connectivity index (χ4v) is 3.98. The lowest BCUT2D eigenvalue weighted by molar-refractivity contribution is -0.0156. The first kappa shape index (κ1) is 15.4. The van der Waals surface area contributed by atoms with Gasteiger partial charge in [0.05, 0.1) is 30.0 Å². The van der Waals surface area contributed by atoms with Crippen molar-refractivity contribution >= 4 is 15.9 Å². The summed E-state index contributed by atoms with van der Waals surface area (Å²) in [7, 11) is -3.35. The largest absolute Gasteiger partial charge is 0.374 e. The fourth-order valence-electron chi connectivity index (χ4n) is 3.22. The van der Waals surface area contributed by atoms with E-state index < -0.39 is 16.1 Å². The van der Waals surface area contributed by atoms with Crippen molar-refractivity contribution in [2.24, 2.45) is 0 Å². The summed E-state index contributed by atoms with van der Waals surface area (Å²) in [6.07, 6.45) is 5.65. The van der Waals surface area contributed by atoms with Gasteiger partial charge < -0.3 is 9.64 Å². The van der Waals surface area contributed by atoms with Crippen molar-refractivity contribution in [2.75, 3.05) is 19.4 Å². The van der Waals surface area contributed by atoms with E-state index in [1.54, 1.807) is 23.2 Å². The molecule has 120 valence electrons. The van der Waals surface area contributed by atoms with Crippen LogP contribution in [0.2, 0.25) is 0 Å². The molecule has 0 aromatic carbocycles. The summed E-state index contributed by atoms with van der Waals surface area (Å²) in [5.74, 6) is -0.133. The molecule has 3 atom stereocenters. The van der Waals surface area contributed by atoms with Crippen LogP contribution in [0.5, 0.6) is 0 Å². The number of ether oxygens (including phenoxy) is 1. The molecule has 1 N–H and O–H groups in total. The van der Waals surface area contributed by atoms with E-state index in [9.17, 15) is 13.2 Å². The van der Waals surface area contributed by atoms with Gasteiger partial charge in [-0.15, -0.1) is 0 Å². The van der Waals surface area contributed by atoms with Crippen molar-refractivity contribution in [1.29, 1.82) is 0 Å². The number of nitrogens with one attached hydrogen (secondary N) is 1. The first-order chi connectivity index (χ1) is 10.5. The second-order valence-electron chi connectivity index (χ2n) is 5.74. The lowest BCUT2D eigenvalue weighted by Crippen LogP contribution is -2.47. The van der Waals surface area contributed by atoms with Gasteiger partial charge in [0.15, 0.2) is 0 Å². The van der Waals surface area contributed by atoms with E-state index in [-0.39, 0.29) is 18.1 Å². The summed E-state index contributed by atoms with van der Waals surface area (Å²) in [4.78, 5) is 18.3. The maximum atomic E-state index is 12.7. The Morgan fingerprint density at radius 1 is 1.50 bits per heavy atom. The first-order valence-corrected chi connectivity index (χ1v) is 9.15. The number of nitrogens with zero attached hydrogens (tertiary/aromatic N) is 2. The molecule has 2 fully saturated rings. The van der Waals surface area contributed by atoms with E-state index in [4.69, 9.17) is 4.74 Å². The molecule has 0 radical (unpaired) electrons. The van der Waals surface area contributed by atoms with Gasteiger partial charge in [0.2, 0.25) is 10.0 Å². The molecule has 0 spiro atoms. The normalized spacial score (nSPS) is 28.4. The van der Waals surface area contributed by atoms with Gasteiger partial charge in [0.25, 0.3) is 5.91 Å². The maximum absolute atomic E-state index is 12.7. The molecule has 3 heterocycles. The number of amides is 1. The van der Waals surface area contributed by atoms with Crippen molar-refractivity contribution in [1.82, 2.24) is 14.6 Å². The van der Waals surface area contributed by atoms with Crippen molar-refractivity contribution in [3.63, 3.8) is 0 Å². The second-order valence-corrected chi connectivity index (χ2v) is 7.52. The zero-order valence-corrected chi connectivity index (χ0v) is 13.1. The number of sulfonamides is 1. The van der Waals surface area contributed by atoms with Crippen LogP contribution in [0.4, 0.5) is 0 Å². The van der Waals surface area contributed by atoms with Crippen LogP contribution >= 0.6 is 0 Å². The van der Waals surface area contributed by atoms with Crippen molar-refractivity contribution < 1.29 is 17.9 Å². The zero-order valence-electron chi connectivity index (χ0n) is 12.3. The Balaban J connectivity index is 1.84. The summed E-state index contributed by atoms with van der Waals surface area (Å²) < 4.78 is 31.4. The predicted octanol–water partition coefficient (Wildman–Crippen LogP) is 0.00280. The van der Waals surface area contributed by atoms with Crippen molar-refractivity contribution in [3.05, 3.63) is 30.1 Å². The van der Waals surface area contributed by atoms with Crippen LogP contribution < -0.4 is 4.72 Å². The maximum Gasteiger partial charge on any atom is 0.255 e. The molecule has 3 rings (SSSR count). The third kappa shape index (κ3) is 3.13. The molecule has 0 saturated carbocycles. The van der Waals surface area contributed by atoms with Crippen LogP contribution in [0.25, 0.3) is 0 Å². The highest BCUT2D eigenvalue weighted by Crippen LogP contribution is 2.30. The number of carbonyl (C=O) groups excluding carboxylic acids is 1. The number of carbonyl (C=O) groups is 1. The summed E-state index contributed by atoms with van der Waals surface area (Å²) in [6.45, 7) is 0.911. The minimum atomic E-state index is -3.35. The van der Waals surface area contributed by atoms with Crippen molar-refractivity contribution in [3.8, 4) is 0 Å². The van der Waals surface area contributed by atoms with Crippen LogP contribution in [-0.4, -0.2) is 61.8 Å². The van der Waals surface area contributed by atoms with Crippen LogP contribution in [0.1, 0.15) is 23.2 Å². The zero-order chi connectivity index (χ0) is 15.7. The highest BCUT2D eigenvalue weighted by molar-refractivity contribution is 7.88. The van der Waals surface area contributed by atoms with E-state index in [0.29, 0.717) is 18.7 Å². The molecule has 0 unspecified atom stereocenters. The van der Waals surface area contributed by atoms with Gasteiger partial charge in [-0.05, 0) is 25.0 Å². The first-order valence-electron chi connectivity index (χ1n) is 7.25. The van der Waals surface area contributed by atoms with Gasteiger partial charge >= 0.3 is 0 Å². The lowest BCUT2D eigenvalue weighted by atomic mass is 10.0. The van der Waals surface area contributed by atoms with E-state index in [0.717, 1.165) is 19.1 Å². The number of rotatable bonds is 3. The molecule has 0 aliphatic carbocycles. The molecule has 1 amide bonds. The molecule has 2 saturated heterocycles. The molecule has 8 heteroatoms. The molecule has 1 aromatic heterocycles. The smallest absolute Gasteiger partial charge is 0.255 e. The fraction of sp³-hybridized carbons (Fsp3) is 0.571. The molecule has 1 aromatic rings. The monoisotopic (exact) mass is 325 g/mol.